The van der Waals surface area contributed by atoms with Gasteiger partial charge in [-0.05, 0) is 23.2 Å². The molecule has 1 aromatic carbocycles. The molecule has 6 nitrogen and oxygen atoms in total. The Morgan fingerprint density at radius 3 is 2.69 bits per heavy atom. The van der Waals surface area contributed by atoms with Gasteiger partial charge in [0.2, 0.25) is 5.91 Å². The van der Waals surface area contributed by atoms with Crippen LogP contribution >= 0.6 is 0 Å². The zero-order chi connectivity index (χ0) is 11.8. The summed E-state index contributed by atoms with van der Waals surface area (Å²) in [6, 6.07) is 7.03. The molecule has 6 heteroatoms. The first-order valence-electron chi connectivity index (χ1n) is 4.73. The fourth-order valence-electron chi connectivity index (χ4n) is 1.15. The molecule has 0 aromatic heterocycles. The molecule has 16 heavy (non-hydrogen) atoms. The van der Waals surface area contributed by atoms with Gasteiger partial charge in [-0.3, -0.25) is 4.79 Å². The van der Waals surface area contributed by atoms with Crippen LogP contribution in [-0.2, 0) is 11.2 Å². The highest BCUT2D eigenvalue weighted by atomic mass is 16.5. The van der Waals surface area contributed by atoms with Gasteiger partial charge < -0.3 is 10.5 Å². The Morgan fingerprint density at radius 2 is 2.12 bits per heavy atom. The average Bonchev–Trinajstić information content (AvgIpc) is 2.26. The average molecular weight is 220 g/mol. The Bertz CT molecular complexity index is 396. The quantitative estimate of drug-likeness (QED) is 0.339. The number of hydrogen-bond acceptors (Lipinski definition) is 3. The second-order valence-corrected chi connectivity index (χ2v) is 3.09. The molecular formula is C10H12N4O2. The largest absolute Gasteiger partial charge is 0.493 e. The lowest BCUT2D eigenvalue weighted by Gasteiger charge is -2.04. The highest BCUT2D eigenvalue weighted by Crippen LogP contribution is 2.12. The predicted molar refractivity (Wildman–Crippen MR) is 58.8 cm³/mol. The van der Waals surface area contributed by atoms with Crippen molar-refractivity contribution in [1.29, 1.82) is 0 Å². The normalized spacial score (nSPS) is 9.25. The summed E-state index contributed by atoms with van der Waals surface area (Å²) in [6.45, 7) is 0.624. The number of azide groups is 1. The summed E-state index contributed by atoms with van der Waals surface area (Å²) in [4.78, 5) is 13.2. The van der Waals surface area contributed by atoms with Gasteiger partial charge in [-0.1, -0.05) is 17.2 Å². The summed E-state index contributed by atoms with van der Waals surface area (Å²) in [5, 5.41) is 3.34. The van der Waals surface area contributed by atoms with E-state index in [4.69, 9.17) is 16.0 Å². The van der Waals surface area contributed by atoms with Crippen LogP contribution in [0.2, 0.25) is 0 Å². The molecule has 1 rings (SSSR count). The number of nitrogens with two attached hydrogens (primary N) is 1. The van der Waals surface area contributed by atoms with Crippen molar-refractivity contribution in [3.63, 3.8) is 0 Å². The molecule has 0 saturated carbocycles. The van der Waals surface area contributed by atoms with Gasteiger partial charge in [0.05, 0.1) is 19.6 Å². The van der Waals surface area contributed by atoms with Gasteiger partial charge in [-0.25, -0.2) is 0 Å². The SMILES string of the molecule is [N-]=[N+]=NCCOc1ccc(CC(N)=O)cc1. The van der Waals surface area contributed by atoms with Crippen molar-refractivity contribution in [1.82, 2.24) is 0 Å². The molecule has 0 heterocycles. The van der Waals surface area contributed by atoms with Crippen LogP contribution in [-0.4, -0.2) is 19.1 Å². The maximum atomic E-state index is 10.6. The fraction of sp³-hybridized carbons (Fsp3) is 0.300. The van der Waals surface area contributed by atoms with Crippen LogP contribution in [0, 0.1) is 0 Å². The second-order valence-electron chi connectivity index (χ2n) is 3.09. The Kier molecular flexibility index (Phi) is 4.69. The lowest BCUT2D eigenvalue weighted by Crippen LogP contribution is -2.13. The highest BCUT2D eigenvalue weighted by Gasteiger charge is 1.98. The molecule has 0 radical (unpaired) electrons. The number of nitrogens with zero attached hydrogens (tertiary/aromatic N) is 3. The first kappa shape index (κ1) is 11.9. The van der Waals surface area contributed by atoms with E-state index in [0.29, 0.717) is 18.9 Å². The van der Waals surface area contributed by atoms with Crippen LogP contribution in [0.4, 0.5) is 0 Å². The molecular weight excluding hydrogens is 208 g/mol. The molecule has 0 aliphatic rings. The summed E-state index contributed by atoms with van der Waals surface area (Å²) in [5.41, 5.74) is 13.9. The molecule has 84 valence electrons. The van der Waals surface area contributed by atoms with Gasteiger partial charge in [0, 0.05) is 4.91 Å². The predicted octanol–water partition coefficient (Wildman–Crippen LogP) is 1.40. The molecule has 1 aromatic rings. The number of amides is 1. The summed E-state index contributed by atoms with van der Waals surface area (Å²) in [6.07, 6.45) is 0.221. The van der Waals surface area contributed by atoms with E-state index in [-0.39, 0.29) is 12.3 Å². The van der Waals surface area contributed by atoms with E-state index in [0.717, 1.165) is 5.56 Å². The number of ether oxygens (including phenoxy) is 1. The summed E-state index contributed by atoms with van der Waals surface area (Å²) in [5.74, 6) is 0.304. The van der Waals surface area contributed by atoms with Crippen LogP contribution in [0.3, 0.4) is 0 Å². The lowest BCUT2D eigenvalue weighted by molar-refractivity contribution is -0.117. The van der Waals surface area contributed by atoms with Gasteiger partial charge >= 0.3 is 0 Å². The summed E-state index contributed by atoms with van der Waals surface area (Å²) < 4.78 is 5.29. The number of hydrogen-bond donors (Lipinski definition) is 1. The fourth-order valence-corrected chi connectivity index (χ4v) is 1.15. The second kappa shape index (κ2) is 6.31. The van der Waals surface area contributed by atoms with Crippen molar-refractivity contribution in [3.8, 4) is 5.75 Å². The highest BCUT2D eigenvalue weighted by molar-refractivity contribution is 5.76. The van der Waals surface area contributed by atoms with E-state index in [1.165, 1.54) is 0 Å². The molecule has 0 fully saturated rings. The van der Waals surface area contributed by atoms with Crippen LogP contribution in [0.1, 0.15) is 5.56 Å². The van der Waals surface area contributed by atoms with Crippen molar-refractivity contribution in [2.45, 2.75) is 6.42 Å². The Balaban J connectivity index is 2.44. The minimum atomic E-state index is -0.364. The van der Waals surface area contributed by atoms with Gasteiger partial charge in [0.15, 0.2) is 0 Å². The molecule has 0 atom stereocenters. The Morgan fingerprint density at radius 1 is 1.44 bits per heavy atom. The van der Waals surface area contributed by atoms with Gasteiger partial charge in [-0.2, -0.15) is 0 Å². The van der Waals surface area contributed by atoms with Crippen molar-refractivity contribution in [2.75, 3.05) is 13.2 Å². The van der Waals surface area contributed by atoms with Crippen molar-refractivity contribution >= 4 is 5.91 Å². The minimum Gasteiger partial charge on any atom is -0.493 e. The number of rotatable bonds is 6. The Hall–Kier alpha value is -2.20. The summed E-state index contributed by atoms with van der Waals surface area (Å²) >= 11 is 0. The monoisotopic (exact) mass is 220 g/mol. The van der Waals surface area contributed by atoms with E-state index in [1.54, 1.807) is 24.3 Å². The van der Waals surface area contributed by atoms with Crippen LogP contribution in [0.25, 0.3) is 10.4 Å². The van der Waals surface area contributed by atoms with Gasteiger partial charge in [0.1, 0.15) is 5.75 Å². The molecule has 2 N–H and O–H groups in total. The maximum Gasteiger partial charge on any atom is 0.221 e. The molecule has 1 amide bonds. The zero-order valence-electron chi connectivity index (χ0n) is 8.67. The van der Waals surface area contributed by atoms with Crippen molar-refractivity contribution in [3.05, 3.63) is 40.3 Å². The zero-order valence-corrected chi connectivity index (χ0v) is 8.67. The van der Waals surface area contributed by atoms with Crippen LogP contribution < -0.4 is 10.5 Å². The molecule has 0 unspecified atom stereocenters. The lowest BCUT2D eigenvalue weighted by atomic mass is 10.1. The molecule has 0 spiro atoms. The third kappa shape index (κ3) is 4.34. The maximum absolute atomic E-state index is 10.6. The van der Waals surface area contributed by atoms with Crippen molar-refractivity contribution in [2.24, 2.45) is 10.8 Å². The minimum absolute atomic E-state index is 0.221. The summed E-state index contributed by atoms with van der Waals surface area (Å²) in [7, 11) is 0. The van der Waals surface area contributed by atoms with Gasteiger partial charge in [0.25, 0.3) is 0 Å². The Labute approximate surface area is 92.6 Å². The molecule has 0 bridgehead atoms. The molecule has 0 aliphatic carbocycles. The molecule has 0 saturated heterocycles. The molecule has 0 aliphatic heterocycles. The third-order valence-electron chi connectivity index (χ3n) is 1.82. The van der Waals surface area contributed by atoms with Crippen LogP contribution in [0.5, 0.6) is 5.75 Å². The van der Waals surface area contributed by atoms with E-state index >= 15 is 0 Å². The number of carbonyl (C=O) groups is 1. The smallest absolute Gasteiger partial charge is 0.221 e. The number of primary amides is 1. The van der Waals surface area contributed by atoms with E-state index in [1.807, 2.05) is 0 Å². The van der Waals surface area contributed by atoms with E-state index in [2.05, 4.69) is 10.0 Å². The van der Waals surface area contributed by atoms with E-state index in [9.17, 15) is 4.79 Å². The third-order valence-corrected chi connectivity index (χ3v) is 1.82. The van der Waals surface area contributed by atoms with Crippen molar-refractivity contribution < 1.29 is 9.53 Å². The van der Waals surface area contributed by atoms with Gasteiger partial charge in [-0.15, -0.1) is 0 Å². The number of benzene rings is 1. The topological polar surface area (TPSA) is 101 Å². The standard InChI is InChI=1S/C10H12N4O2/c11-10(15)7-8-1-3-9(4-2-8)16-6-5-13-14-12/h1-4H,5-7H2,(H2,11,15). The number of carbonyl (C=O) groups excluding carboxylic acids is 1. The first-order chi connectivity index (χ1) is 7.72. The first-order valence-corrected chi connectivity index (χ1v) is 4.73. The van der Waals surface area contributed by atoms with Crippen LogP contribution in [0.15, 0.2) is 29.4 Å². The van der Waals surface area contributed by atoms with E-state index < -0.39 is 0 Å².